The van der Waals surface area contributed by atoms with Gasteiger partial charge in [0.1, 0.15) is 5.54 Å². The molecule has 10 heteroatoms. The first kappa shape index (κ1) is 21.2. The molecular weight excluding hydrogens is 360 g/mol. The highest BCUT2D eigenvalue weighted by atomic mass is 19.3. The van der Waals surface area contributed by atoms with Crippen LogP contribution in [0.15, 0.2) is 4.52 Å². The van der Waals surface area contributed by atoms with Gasteiger partial charge in [-0.15, -0.1) is 0 Å². The molecule has 1 aliphatic rings. The summed E-state index contributed by atoms with van der Waals surface area (Å²) in [4.78, 5) is 27.7. The van der Waals surface area contributed by atoms with Gasteiger partial charge in [0.2, 0.25) is 17.7 Å². The molecule has 0 radical (unpaired) electrons. The van der Waals surface area contributed by atoms with Crippen LogP contribution in [0.1, 0.15) is 63.6 Å². The minimum absolute atomic E-state index is 0.0601. The maximum atomic E-state index is 13.1. The largest absolute Gasteiger partial charge is 0.350 e. The van der Waals surface area contributed by atoms with Crippen molar-refractivity contribution in [2.75, 3.05) is 13.1 Å². The zero-order chi connectivity index (χ0) is 19.9. The Hall–Kier alpha value is -2.10. The van der Waals surface area contributed by atoms with E-state index in [-0.39, 0.29) is 24.6 Å². The lowest BCUT2D eigenvalue weighted by atomic mass is 9.89. The van der Waals surface area contributed by atoms with Crippen LogP contribution in [0.4, 0.5) is 8.78 Å². The molecule has 2 rings (SSSR count). The van der Waals surface area contributed by atoms with Gasteiger partial charge < -0.3 is 20.9 Å². The van der Waals surface area contributed by atoms with E-state index in [9.17, 15) is 18.4 Å². The second-order valence-corrected chi connectivity index (χ2v) is 7.03. The highest BCUT2D eigenvalue weighted by Crippen LogP contribution is 2.34. The van der Waals surface area contributed by atoms with Crippen LogP contribution in [-0.4, -0.2) is 41.0 Å². The molecule has 1 aliphatic carbocycles. The summed E-state index contributed by atoms with van der Waals surface area (Å²) < 4.78 is 31.3. The van der Waals surface area contributed by atoms with E-state index in [1.807, 2.05) is 0 Å². The standard InChI is InChI=1S/C17H27F2N5O3/c1-12(25)23-16(8-4-2-3-5-9-16)15-22-14(27-24-15)7-6-13(26)21-11-17(18,19)10-20/h2-11,20H2,1H3,(H,21,26)(H,23,25). The van der Waals surface area contributed by atoms with Crippen LogP contribution in [-0.2, 0) is 21.5 Å². The third-order valence-electron chi connectivity index (χ3n) is 4.68. The second kappa shape index (κ2) is 9.20. The fraction of sp³-hybridized carbons (Fsp3) is 0.765. The number of hydrogen-bond acceptors (Lipinski definition) is 6. The number of nitrogens with two attached hydrogens (primary N) is 1. The van der Waals surface area contributed by atoms with E-state index in [4.69, 9.17) is 10.3 Å². The number of rotatable bonds is 8. The molecule has 0 bridgehead atoms. The molecule has 2 amide bonds. The molecule has 0 atom stereocenters. The lowest BCUT2D eigenvalue weighted by molar-refractivity contribution is -0.123. The van der Waals surface area contributed by atoms with Crippen LogP contribution >= 0.6 is 0 Å². The Morgan fingerprint density at radius 3 is 2.52 bits per heavy atom. The van der Waals surface area contributed by atoms with Gasteiger partial charge in [0.25, 0.3) is 5.92 Å². The average Bonchev–Trinajstić information content (AvgIpc) is 2.98. The zero-order valence-electron chi connectivity index (χ0n) is 15.5. The van der Waals surface area contributed by atoms with Gasteiger partial charge in [-0.25, -0.2) is 8.78 Å². The van der Waals surface area contributed by atoms with Crippen LogP contribution in [0.25, 0.3) is 0 Å². The van der Waals surface area contributed by atoms with Crippen molar-refractivity contribution in [3.05, 3.63) is 11.7 Å². The predicted octanol–water partition coefficient (Wildman–Crippen LogP) is 1.40. The fourth-order valence-electron chi connectivity index (χ4n) is 3.23. The molecule has 8 nitrogen and oxygen atoms in total. The number of amides is 2. The van der Waals surface area contributed by atoms with Crippen molar-refractivity contribution in [2.24, 2.45) is 5.73 Å². The van der Waals surface area contributed by atoms with Crippen LogP contribution in [0.2, 0.25) is 0 Å². The number of aryl methyl sites for hydroxylation is 1. The van der Waals surface area contributed by atoms with E-state index >= 15 is 0 Å². The van der Waals surface area contributed by atoms with Gasteiger partial charge in [-0.2, -0.15) is 4.98 Å². The van der Waals surface area contributed by atoms with Crippen molar-refractivity contribution in [2.45, 2.75) is 69.8 Å². The van der Waals surface area contributed by atoms with Gasteiger partial charge in [0, 0.05) is 19.8 Å². The number of hydrogen-bond donors (Lipinski definition) is 3. The van der Waals surface area contributed by atoms with Gasteiger partial charge in [-0.3, -0.25) is 9.59 Å². The molecule has 0 aromatic carbocycles. The first-order valence-electron chi connectivity index (χ1n) is 9.23. The van der Waals surface area contributed by atoms with Crippen molar-refractivity contribution in [3.63, 3.8) is 0 Å². The predicted molar refractivity (Wildman–Crippen MR) is 92.8 cm³/mol. The first-order valence-corrected chi connectivity index (χ1v) is 9.23. The SMILES string of the molecule is CC(=O)NC1(c2noc(CCC(=O)NCC(F)(F)CN)n2)CCCCCC1. The number of halogens is 2. The molecule has 0 spiro atoms. The number of carbonyl (C=O) groups excluding carboxylic acids is 2. The van der Waals surface area contributed by atoms with Crippen molar-refractivity contribution in [1.82, 2.24) is 20.8 Å². The zero-order valence-corrected chi connectivity index (χ0v) is 15.5. The molecule has 1 saturated carbocycles. The third-order valence-corrected chi connectivity index (χ3v) is 4.68. The quantitative estimate of drug-likeness (QED) is 0.580. The fourth-order valence-corrected chi connectivity index (χ4v) is 3.23. The summed E-state index contributed by atoms with van der Waals surface area (Å²) in [6, 6.07) is 0. The molecule has 0 unspecified atom stereocenters. The van der Waals surface area contributed by atoms with Crippen LogP contribution in [0.5, 0.6) is 0 Å². The van der Waals surface area contributed by atoms with Crippen molar-refractivity contribution in [1.29, 1.82) is 0 Å². The van der Waals surface area contributed by atoms with Gasteiger partial charge in [-0.1, -0.05) is 30.8 Å². The lowest BCUT2D eigenvalue weighted by Gasteiger charge is -2.30. The van der Waals surface area contributed by atoms with Crippen molar-refractivity contribution in [3.8, 4) is 0 Å². The van der Waals surface area contributed by atoms with E-state index in [2.05, 4.69) is 20.8 Å². The molecule has 27 heavy (non-hydrogen) atoms. The minimum atomic E-state index is -3.13. The molecule has 1 heterocycles. The van der Waals surface area contributed by atoms with Crippen LogP contribution in [0, 0.1) is 0 Å². The Morgan fingerprint density at radius 1 is 1.26 bits per heavy atom. The highest BCUT2D eigenvalue weighted by Gasteiger charge is 2.38. The summed E-state index contributed by atoms with van der Waals surface area (Å²) in [5, 5.41) is 9.13. The molecule has 0 saturated heterocycles. The van der Waals surface area contributed by atoms with Crippen molar-refractivity contribution < 1.29 is 22.9 Å². The van der Waals surface area contributed by atoms with Gasteiger partial charge >= 0.3 is 0 Å². The summed E-state index contributed by atoms with van der Waals surface area (Å²) in [6.07, 6.45) is 5.57. The topological polar surface area (TPSA) is 123 Å². The van der Waals surface area contributed by atoms with E-state index in [0.717, 1.165) is 38.5 Å². The highest BCUT2D eigenvalue weighted by molar-refractivity contribution is 5.76. The molecule has 4 N–H and O–H groups in total. The molecule has 0 aliphatic heterocycles. The molecule has 152 valence electrons. The summed E-state index contributed by atoms with van der Waals surface area (Å²) in [6.45, 7) is -0.177. The Kier molecular flexibility index (Phi) is 7.23. The number of nitrogens with zero attached hydrogens (tertiary/aromatic N) is 2. The Bertz CT molecular complexity index is 642. The third kappa shape index (κ3) is 6.23. The second-order valence-electron chi connectivity index (χ2n) is 7.03. The molecular formula is C17H27F2N5O3. The van der Waals surface area contributed by atoms with Gasteiger partial charge in [0.05, 0.1) is 13.1 Å². The number of carbonyl (C=O) groups is 2. The maximum absolute atomic E-state index is 13.1. The van der Waals surface area contributed by atoms with E-state index < -0.39 is 30.5 Å². The summed E-state index contributed by atoms with van der Waals surface area (Å²) in [5.74, 6) is -3.20. The molecule has 1 fully saturated rings. The normalized spacial score (nSPS) is 17.2. The average molecular weight is 387 g/mol. The Balaban J connectivity index is 1.97. The van der Waals surface area contributed by atoms with Gasteiger partial charge in [0.15, 0.2) is 5.82 Å². The summed E-state index contributed by atoms with van der Waals surface area (Å²) in [7, 11) is 0. The minimum Gasteiger partial charge on any atom is -0.350 e. The van der Waals surface area contributed by atoms with Crippen LogP contribution in [0.3, 0.4) is 0 Å². The number of aromatic nitrogens is 2. The monoisotopic (exact) mass is 387 g/mol. The maximum Gasteiger partial charge on any atom is 0.277 e. The Labute approximate surface area is 156 Å². The molecule has 1 aromatic heterocycles. The summed E-state index contributed by atoms with van der Waals surface area (Å²) >= 11 is 0. The number of nitrogens with one attached hydrogen (secondary N) is 2. The number of alkyl halides is 2. The van der Waals surface area contributed by atoms with E-state index in [1.165, 1.54) is 6.92 Å². The Morgan fingerprint density at radius 2 is 1.93 bits per heavy atom. The lowest BCUT2D eigenvalue weighted by Crippen LogP contribution is -2.45. The van der Waals surface area contributed by atoms with Gasteiger partial charge in [-0.05, 0) is 12.8 Å². The van der Waals surface area contributed by atoms with Crippen LogP contribution < -0.4 is 16.4 Å². The van der Waals surface area contributed by atoms with E-state index in [1.54, 1.807) is 0 Å². The van der Waals surface area contributed by atoms with E-state index in [0.29, 0.717) is 5.82 Å². The molecule has 1 aromatic rings. The first-order chi connectivity index (χ1) is 12.8. The summed E-state index contributed by atoms with van der Waals surface area (Å²) in [5.41, 5.74) is 4.27. The smallest absolute Gasteiger partial charge is 0.277 e. The van der Waals surface area contributed by atoms with Crippen molar-refractivity contribution >= 4 is 11.8 Å².